The number of hydrogen-bond acceptors (Lipinski definition) is 5. The smallest absolute Gasteiger partial charge is 0.352 e. The molecule has 1 rings (SSSR count). The molecule has 11 heavy (non-hydrogen) atoms. The van der Waals surface area contributed by atoms with Crippen LogP contribution in [0.25, 0.3) is 0 Å². The van der Waals surface area contributed by atoms with Gasteiger partial charge >= 0.3 is 6.03 Å². The molecule has 0 saturated heterocycles. The average molecular weight is 157 g/mol. The third kappa shape index (κ3) is 1.64. The van der Waals surface area contributed by atoms with Crippen molar-refractivity contribution in [1.29, 1.82) is 0 Å². The van der Waals surface area contributed by atoms with E-state index in [0.717, 1.165) is 11.2 Å². The molecule has 0 aliphatic carbocycles. The maximum atomic E-state index is 10.6. The molecular formula is C4H7N5O2. The number of hydrazone groups is 1. The summed E-state index contributed by atoms with van der Waals surface area (Å²) in [4.78, 5) is 10.6. The summed E-state index contributed by atoms with van der Waals surface area (Å²) in [7, 11) is 0. The summed E-state index contributed by atoms with van der Waals surface area (Å²) in [6.45, 7) is 0.135. The molecule has 1 aliphatic rings. The van der Waals surface area contributed by atoms with Crippen molar-refractivity contribution in [2.45, 2.75) is 0 Å². The zero-order valence-electron chi connectivity index (χ0n) is 5.56. The van der Waals surface area contributed by atoms with Gasteiger partial charge in [0.1, 0.15) is 5.71 Å². The van der Waals surface area contributed by atoms with E-state index in [1.165, 1.54) is 0 Å². The van der Waals surface area contributed by atoms with Crippen LogP contribution in [0.2, 0.25) is 0 Å². The molecule has 0 aromatic rings. The number of hydrazine groups is 1. The van der Waals surface area contributed by atoms with E-state index in [0.29, 0.717) is 5.71 Å². The molecular weight excluding hydrogens is 150 g/mol. The first-order valence-corrected chi connectivity index (χ1v) is 2.80. The fourth-order valence-electron chi connectivity index (χ4n) is 0.602. The summed E-state index contributed by atoms with van der Waals surface area (Å²) in [5.41, 5.74) is 2.50. The van der Waals surface area contributed by atoms with E-state index in [1.54, 1.807) is 0 Å². The van der Waals surface area contributed by atoms with Gasteiger partial charge < -0.3 is 5.21 Å². The Kier molecular flexibility index (Phi) is 2.02. The molecule has 1 aliphatic heterocycles. The second kappa shape index (κ2) is 2.97. The van der Waals surface area contributed by atoms with Crippen molar-refractivity contribution in [3.05, 3.63) is 0 Å². The number of nitrogens with one attached hydrogen (secondary N) is 1. The predicted octanol–water partition coefficient (Wildman–Crippen LogP) is -1.30. The highest BCUT2D eigenvalue weighted by Gasteiger charge is 2.15. The Labute approximate surface area is 62.1 Å². The number of nitrogens with zero attached hydrogens (tertiary/aromatic N) is 3. The van der Waals surface area contributed by atoms with Gasteiger partial charge in [0.15, 0.2) is 0 Å². The minimum absolute atomic E-state index is 0.135. The molecule has 0 unspecified atom stereocenters. The molecule has 0 spiro atoms. The fourth-order valence-corrected chi connectivity index (χ4v) is 0.602. The lowest BCUT2D eigenvalue weighted by Gasteiger charge is -2.19. The number of oxime groups is 1. The van der Waals surface area contributed by atoms with Crippen LogP contribution < -0.4 is 11.3 Å². The van der Waals surface area contributed by atoms with Gasteiger partial charge in [0, 0.05) is 0 Å². The lowest BCUT2D eigenvalue weighted by Crippen LogP contribution is -2.50. The van der Waals surface area contributed by atoms with Gasteiger partial charge in [-0.25, -0.2) is 16.1 Å². The van der Waals surface area contributed by atoms with Crippen LogP contribution in [0.4, 0.5) is 4.79 Å². The van der Waals surface area contributed by atoms with Crippen LogP contribution in [0.1, 0.15) is 0 Å². The van der Waals surface area contributed by atoms with Crippen LogP contribution in [-0.4, -0.2) is 34.7 Å². The third-order valence-electron chi connectivity index (χ3n) is 1.10. The Morgan fingerprint density at radius 1 is 1.91 bits per heavy atom. The summed E-state index contributed by atoms with van der Waals surface area (Å²) in [6.07, 6.45) is 1.10. The summed E-state index contributed by atoms with van der Waals surface area (Å²) in [6, 6.07) is -0.486. The number of carbonyl (C=O) groups is 1. The minimum atomic E-state index is -0.486. The number of hydrogen-bond donors (Lipinski definition) is 3. The number of urea groups is 1. The third-order valence-corrected chi connectivity index (χ3v) is 1.10. The van der Waals surface area contributed by atoms with Crippen molar-refractivity contribution in [3.8, 4) is 0 Å². The van der Waals surface area contributed by atoms with Gasteiger partial charge in [0.25, 0.3) is 0 Å². The minimum Gasteiger partial charge on any atom is -0.411 e. The lowest BCUT2D eigenvalue weighted by molar-refractivity contribution is 0.203. The normalized spacial score (nSPS) is 18.5. The van der Waals surface area contributed by atoms with Crippen LogP contribution in [-0.2, 0) is 0 Å². The van der Waals surface area contributed by atoms with Gasteiger partial charge in [0.2, 0.25) is 0 Å². The molecule has 0 bridgehead atoms. The van der Waals surface area contributed by atoms with Gasteiger partial charge in [-0.1, -0.05) is 5.16 Å². The van der Waals surface area contributed by atoms with Crippen LogP contribution in [0, 0.1) is 0 Å². The largest absolute Gasteiger partial charge is 0.411 e. The Hall–Kier alpha value is -1.63. The van der Waals surface area contributed by atoms with Gasteiger partial charge in [-0.05, 0) is 0 Å². The monoisotopic (exact) mass is 157 g/mol. The molecule has 0 radical (unpaired) electrons. The molecule has 0 saturated carbocycles. The maximum Gasteiger partial charge on any atom is 0.352 e. The zero-order chi connectivity index (χ0) is 8.27. The Morgan fingerprint density at radius 3 is 3.18 bits per heavy atom. The molecule has 2 amide bonds. The first-order chi connectivity index (χ1) is 5.24. The highest BCUT2D eigenvalue weighted by molar-refractivity contribution is 6.32. The highest BCUT2D eigenvalue weighted by atomic mass is 16.4. The summed E-state index contributed by atoms with van der Waals surface area (Å²) in [5.74, 6) is 5.20. The van der Waals surface area contributed by atoms with Gasteiger partial charge in [-0.3, -0.25) is 5.01 Å². The van der Waals surface area contributed by atoms with Gasteiger partial charge in [0.05, 0.1) is 12.8 Å². The topological polar surface area (TPSA) is 103 Å². The van der Waals surface area contributed by atoms with E-state index in [4.69, 9.17) is 11.0 Å². The first kappa shape index (κ1) is 7.48. The highest BCUT2D eigenvalue weighted by Crippen LogP contribution is 1.88. The van der Waals surface area contributed by atoms with Crippen LogP contribution in [0.5, 0.6) is 0 Å². The molecule has 0 fully saturated rings. The second-order valence-corrected chi connectivity index (χ2v) is 1.89. The zero-order valence-corrected chi connectivity index (χ0v) is 5.56. The van der Waals surface area contributed by atoms with Crippen molar-refractivity contribution < 1.29 is 10.0 Å². The quantitative estimate of drug-likeness (QED) is 0.145. The number of carbonyl (C=O) groups excluding carboxylic acids is 1. The standard InChI is InChI=1S/C4H7N5O2/c5-9-2-3(1-6-11)7-8-4(9)10/h1,11H,2,5H2,(H,8,10)/b6-1+. The summed E-state index contributed by atoms with van der Waals surface area (Å²) in [5, 5.41) is 15.3. The van der Waals surface area contributed by atoms with E-state index in [1.807, 2.05) is 0 Å². The molecule has 0 atom stereocenters. The fraction of sp³-hybridized carbons (Fsp3) is 0.250. The van der Waals surface area contributed by atoms with Crippen molar-refractivity contribution in [1.82, 2.24) is 10.4 Å². The molecule has 0 aromatic carbocycles. The van der Waals surface area contributed by atoms with Crippen molar-refractivity contribution in [2.75, 3.05) is 6.54 Å². The maximum absolute atomic E-state index is 10.6. The predicted molar refractivity (Wildman–Crippen MR) is 37.1 cm³/mol. The van der Waals surface area contributed by atoms with Crippen molar-refractivity contribution >= 4 is 18.0 Å². The van der Waals surface area contributed by atoms with Gasteiger partial charge in [-0.2, -0.15) is 5.10 Å². The Morgan fingerprint density at radius 2 is 2.64 bits per heavy atom. The average Bonchev–Trinajstić information content (AvgIpc) is 1.98. The molecule has 0 aromatic heterocycles. The second-order valence-electron chi connectivity index (χ2n) is 1.89. The molecule has 7 nitrogen and oxygen atoms in total. The van der Waals surface area contributed by atoms with Crippen molar-refractivity contribution in [3.63, 3.8) is 0 Å². The summed E-state index contributed by atoms with van der Waals surface area (Å²) < 4.78 is 0. The van der Waals surface area contributed by atoms with E-state index in [2.05, 4.69) is 15.7 Å². The molecule has 60 valence electrons. The summed E-state index contributed by atoms with van der Waals surface area (Å²) >= 11 is 0. The van der Waals surface area contributed by atoms with Crippen LogP contribution in [0.15, 0.2) is 10.3 Å². The number of rotatable bonds is 1. The van der Waals surface area contributed by atoms with Crippen LogP contribution in [0.3, 0.4) is 0 Å². The SMILES string of the molecule is NN1CC(/C=N/O)=NNC1=O. The molecule has 7 heteroatoms. The Bertz CT molecular complexity index is 223. The van der Waals surface area contributed by atoms with Gasteiger partial charge in [-0.15, -0.1) is 0 Å². The van der Waals surface area contributed by atoms with E-state index < -0.39 is 6.03 Å². The first-order valence-electron chi connectivity index (χ1n) is 2.80. The number of nitrogens with two attached hydrogens (primary N) is 1. The van der Waals surface area contributed by atoms with E-state index in [9.17, 15) is 4.79 Å². The van der Waals surface area contributed by atoms with Crippen molar-refractivity contribution in [2.24, 2.45) is 16.1 Å². The number of amides is 2. The molecule has 4 N–H and O–H groups in total. The Balaban J connectivity index is 2.66. The van der Waals surface area contributed by atoms with E-state index in [-0.39, 0.29) is 6.54 Å². The lowest BCUT2D eigenvalue weighted by atomic mass is 10.4. The van der Waals surface area contributed by atoms with E-state index >= 15 is 0 Å². The van der Waals surface area contributed by atoms with Crippen LogP contribution >= 0.6 is 0 Å². The molecule has 1 heterocycles.